The number of carbonyl (C=O) groups excluding carboxylic acids is 3. The number of benzene rings is 2. The van der Waals surface area contributed by atoms with Crippen LogP contribution in [0.15, 0.2) is 46.9 Å². The zero-order chi connectivity index (χ0) is 19.8. The fourth-order valence-electron chi connectivity index (χ4n) is 2.30. The molecule has 0 fully saturated rings. The van der Waals surface area contributed by atoms with E-state index in [1.165, 1.54) is 0 Å². The molecular formula is C20H21BrN2O4. The molecule has 0 aromatic heterocycles. The second-order valence-electron chi connectivity index (χ2n) is 6.09. The van der Waals surface area contributed by atoms with Gasteiger partial charge < -0.3 is 15.4 Å². The fraction of sp³-hybridized carbons (Fsp3) is 0.250. The largest absolute Gasteiger partial charge is 0.456 e. The van der Waals surface area contributed by atoms with E-state index >= 15 is 0 Å². The maximum atomic E-state index is 11.9. The highest BCUT2D eigenvalue weighted by Crippen LogP contribution is 2.19. The molecule has 6 nitrogen and oxygen atoms in total. The van der Waals surface area contributed by atoms with Crippen molar-refractivity contribution in [3.8, 4) is 0 Å². The Morgan fingerprint density at radius 2 is 1.63 bits per heavy atom. The van der Waals surface area contributed by atoms with Gasteiger partial charge in [0, 0.05) is 22.3 Å². The highest BCUT2D eigenvalue weighted by atomic mass is 79.9. The van der Waals surface area contributed by atoms with E-state index in [9.17, 15) is 14.4 Å². The molecule has 0 saturated heterocycles. The summed E-state index contributed by atoms with van der Waals surface area (Å²) >= 11 is 3.38. The Balaban J connectivity index is 1.69. The van der Waals surface area contributed by atoms with Gasteiger partial charge in [-0.1, -0.05) is 28.1 Å². The van der Waals surface area contributed by atoms with Gasteiger partial charge in [-0.15, -0.1) is 0 Å². The molecule has 0 unspecified atom stereocenters. The molecule has 7 heteroatoms. The van der Waals surface area contributed by atoms with E-state index in [0.29, 0.717) is 11.4 Å². The number of hydrogen-bond acceptors (Lipinski definition) is 4. The number of anilines is 2. The predicted molar refractivity (Wildman–Crippen MR) is 108 cm³/mol. The van der Waals surface area contributed by atoms with E-state index in [1.54, 1.807) is 18.2 Å². The minimum Gasteiger partial charge on any atom is -0.456 e. The average Bonchev–Trinajstić information content (AvgIpc) is 2.61. The van der Waals surface area contributed by atoms with Crippen molar-refractivity contribution in [1.82, 2.24) is 0 Å². The maximum absolute atomic E-state index is 11.9. The number of halogens is 1. The van der Waals surface area contributed by atoms with Crippen LogP contribution in [0.4, 0.5) is 11.4 Å². The third kappa shape index (κ3) is 7.22. The lowest BCUT2D eigenvalue weighted by Gasteiger charge is -2.08. The molecule has 142 valence electrons. The molecule has 2 amide bonds. The van der Waals surface area contributed by atoms with Gasteiger partial charge in [0.1, 0.15) is 0 Å². The molecule has 0 saturated carbocycles. The summed E-state index contributed by atoms with van der Waals surface area (Å²) in [6.45, 7) is 3.43. The van der Waals surface area contributed by atoms with Gasteiger partial charge >= 0.3 is 5.97 Å². The second-order valence-corrected chi connectivity index (χ2v) is 6.94. The predicted octanol–water partition coefficient (Wildman–Crippen LogP) is 3.97. The summed E-state index contributed by atoms with van der Waals surface area (Å²) in [7, 11) is 0. The highest BCUT2D eigenvalue weighted by molar-refractivity contribution is 9.10. The highest BCUT2D eigenvalue weighted by Gasteiger charge is 2.11. The van der Waals surface area contributed by atoms with Crippen molar-refractivity contribution < 1.29 is 19.1 Å². The SMILES string of the molecule is Cc1cccc(NC(=O)CCC(=O)OCC(=O)Nc2ccc(Br)c(C)c2)c1. The summed E-state index contributed by atoms with van der Waals surface area (Å²) in [6, 6.07) is 12.7. The molecule has 0 heterocycles. The molecule has 0 aliphatic heterocycles. The smallest absolute Gasteiger partial charge is 0.306 e. The molecule has 0 aliphatic rings. The molecule has 2 aromatic carbocycles. The first-order chi connectivity index (χ1) is 12.8. The summed E-state index contributed by atoms with van der Waals surface area (Å²) in [5.74, 6) is -1.32. The monoisotopic (exact) mass is 432 g/mol. The summed E-state index contributed by atoms with van der Waals surface area (Å²) < 4.78 is 5.85. The number of aryl methyl sites for hydroxylation is 2. The zero-order valence-corrected chi connectivity index (χ0v) is 16.8. The molecule has 27 heavy (non-hydrogen) atoms. The van der Waals surface area contributed by atoms with Gasteiger partial charge in [-0.2, -0.15) is 0 Å². The van der Waals surface area contributed by atoms with Gasteiger partial charge in [0.25, 0.3) is 5.91 Å². The lowest BCUT2D eigenvalue weighted by atomic mass is 10.2. The molecule has 2 rings (SSSR count). The van der Waals surface area contributed by atoms with Gasteiger partial charge in [-0.25, -0.2) is 0 Å². The van der Waals surface area contributed by atoms with Gasteiger partial charge in [-0.3, -0.25) is 14.4 Å². The van der Waals surface area contributed by atoms with E-state index < -0.39 is 18.5 Å². The average molecular weight is 433 g/mol. The Labute approximate surface area is 166 Å². The quantitative estimate of drug-likeness (QED) is 0.648. The van der Waals surface area contributed by atoms with Crippen LogP contribution in [0.25, 0.3) is 0 Å². The lowest BCUT2D eigenvalue weighted by molar-refractivity contribution is -0.147. The van der Waals surface area contributed by atoms with Crippen LogP contribution in [0.3, 0.4) is 0 Å². The summed E-state index contributed by atoms with van der Waals surface area (Å²) in [5, 5.41) is 5.37. The Morgan fingerprint density at radius 1 is 0.926 bits per heavy atom. The van der Waals surface area contributed by atoms with Crippen LogP contribution in [-0.4, -0.2) is 24.4 Å². The van der Waals surface area contributed by atoms with E-state index in [0.717, 1.165) is 15.6 Å². The van der Waals surface area contributed by atoms with Crippen molar-refractivity contribution in [3.05, 3.63) is 58.1 Å². The summed E-state index contributed by atoms with van der Waals surface area (Å²) in [6.07, 6.45) is -0.109. The zero-order valence-electron chi connectivity index (χ0n) is 15.2. The first-order valence-electron chi connectivity index (χ1n) is 8.41. The molecule has 0 spiro atoms. The van der Waals surface area contributed by atoms with Crippen molar-refractivity contribution in [2.45, 2.75) is 26.7 Å². The topological polar surface area (TPSA) is 84.5 Å². The Bertz CT molecular complexity index is 852. The summed E-state index contributed by atoms with van der Waals surface area (Å²) in [5.41, 5.74) is 3.30. The first-order valence-corrected chi connectivity index (χ1v) is 9.21. The van der Waals surface area contributed by atoms with Crippen LogP contribution in [0.1, 0.15) is 24.0 Å². The van der Waals surface area contributed by atoms with Crippen LogP contribution >= 0.6 is 15.9 Å². The Morgan fingerprint density at radius 3 is 2.33 bits per heavy atom. The summed E-state index contributed by atoms with van der Waals surface area (Å²) in [4.78, 5) is 35.4. The number of amides is 2. The third-order valence-corrected chi connectivity index (χ3v) is 4.55. The van der Waals surface area contributed by atoms with Crippen molar-refractivity contribution >= 4 is 45.1 Å². The number of hydrogen-bond donors (Lipinski definition) is 2. The van der Waals surface area contributed by atoms with Gasteiger partial charge in [0.15, 0.2) is 6.61 Å². The molecule has 0 atom stereocenters. The Kier molecular flexibility index (Phi) is 7.55. The standard InChI is InChI=1S/C20H21BrN2O4/c1-13-4-3-5-15(10-13)22-18(24)8-9-20(26)27-12-19(25)23-16-6-7-17(21)14(2)11-16/h3-7,10-11H,8-9,12H2,1-2H3,(H,22,24)(H,23,25). The van der Waals surface area contributed by atoms with Crippen molar-refractivity contribution in [1.29, 1.82) is 0 Å². The normalized spacial score (nSPS) is 10.2. The fourth-order valence-corrected chi connectivity index (χ4v) is 2.55. The molecule has 2 aromatic rings. The maximum Gasteiger partial charge on any atom is 0.306 e. The van der Waals surface area contributed by atoms with Gasteiger partial charge in [0.05, 0.1) is 6.42 Å². The van der Waals surface area contributed by atoms with Gasteiger partial charge in [0.2, 0.25) is 5.91 Å². The van der Waals surface area contributed by atoms with Crippen LogP contribution in [0.2, 0.25) is 0 Å². The number of rotatable bonds is 7. The van der Waals surface area contributed by atoms with Crippen LogP contribution in [-0.2, 0) is 19.1 Å². The van der Waals surface area contributed by atoms with E-state index in [-0.39, 0.29) is 18.7 Å². The van der Waals surface area contributed by atoms with E-state index in [2.05, 4.69) is 26.6 Å². The minimum atomic E-state index is -0.600. The van der Waals surface area contributed by atoms with Crippen molar-refractivity contribution in [3.63, 3.8) is 0 Å². The minimum absolute atomic E-state index is 0.0136. The molecule has 0 bridgehead atoms. The van der Waals surface area contributed by atoms with Crippen LogP contribution < -0.4 is 10.6 Å². The molecular weight excluding hydrogens is 412 g/mol. The molecule has 0 radical (unpaired) electrons. The number of ether oxygens (including phenoxy) is 1. The molecule has 0 aliphatic carbocycles. The van der Waals surface area contributed by atoms with Crippen LogP contribution in [0.5, 0.6) is 0 Å². The van der Waals surface area contributed by atoms with Crippen molar-refractivity contribution in [2.75, 3.05) is 17.2 Å². The Hall–Kier alpha value is -2.67. The first kappa shape index (κ1) is 20.6. The number of nitrogens with one attached hydrogen (secondary N) is 2. The van der Waals surface area contributed by atoms with E-state index in [1.807, 2.05) is 38.1 Å². The number of esters is 1. The molecule has 2 N–H and O–H groups in total. The lowest BCUT2D eigenvalue weighted by Crippen LogP contribution is -2.21. The van der Waals surface area contributed by atoms with Crippen LogP contribution in [0, 0.1) is 13.8 Å². The van der Waals surface area contributed by atoms with Crippen molar-refractivity contribution in [2.24, 2.45) is 0 Å². The van der Waals surface area contributed by atoms with Gasteiger partial charge in [-0.05, 0) is 55.3 Å². The third-order valence-electron chi connectivity index (χ3n) is 3.66. The van der Waals surface area contributed by atoms with E-state index in [4.69, 9.17) is 4.74 Å². The number of carbonyl (C=O) groups is 3. The second kappa shape index (κ2) is 9.87.